The highest BCUT2D eigenvalue weighted by Crippen LogP contribution is 2.42. The zero-order valence-corrected chi connectivity index (χ0v) is 13.1. The lowest BCUT2D eigenvalue weighted by atomic mass is 9.78. The summed E-state index contributed by atoms with van der Waals surface area (Å²) in [5.41, 5.74) is 6.55. The molecule has 0 aliphatic carbocycles. The minimum absolute atomic E-state index is 0.118. The number of aryl methyl sites for hydroxylation is 1. The SMILES string of the molecule is Cc1nc2c3ccccc3c3cccc4c3n2c1C(C)(C)C4. The molecule has 108 valence electrons. The van der Waals surface area contributed by atoms with Crippen LogP contribution in [0.1, 0.15) is 30.8 Å². The summed E-state index contributed by atoms with van der Waals surface area (Å²) in [7, 11) is 0. The van der Waals surface area contributed by atoms with E-state index in [9.17, 15) is 0 Å². The third kappa shape index (κ3) is 1.29. The Hall–Kier alpha value is -2.35. The van der Waals surface area contributed by atoms with Gasteiger partial charge in [0.2, 0.25) is 0 Å². The predicted molar refractivity (Wildman–Crippen MR) is 91.7 cm³/mol. The number of hydrogen-bond acceptors (Lipinski definition) is 1. The van der Waals surface area contributed by atoms with Crippen molar-refractivity contribution >= 4 is 27.3 Å². The van der Waals surface area contributed by atoms with Crippen LogP contribution in [-0.4, -0.2) is 9.38 Å². The fourth-order valence-corrected chi connectivity index (χ4v) is 4.41. The summed E-state index contributed by atoms with van der Waals surface area (Å²) >= 11 is 0. The molecular weight excluding hydrogens is 268 g/mol. The molecule has 0 saturated carbocycles. The topological polar surface area (TPSA) is 17.3 Å². The molecule has 0 radical (unpaired) electrons. The van der Waals surface area contributed by atoms with E-state index >= 15 is 0 Å². The first-order valence-electron chi connectivity index (χ1n) is 7.90. The van der Waals surface area contributed by atoms with E-state index in [1.54, 1.807) is 0 Å². The first-order chi connectivity index (χ1) is 10.6. The van der Waals surface area contributed by atoms with E-state index in [1.165, 1.54) is 32.9 Å². The van der Waals surface area contributed by atoms with Gasteiger partial charge in [0, 0.05) is 16.2 Å². The number of aromatic nitrogens is 2. The van der Waals surface area contributed by atoms with Gasteiger partial charge in [-0.25, -0.2) is 4.98 Å². The van der Waals surface area contributed by atoms with Crippen molar-refractivity contribution in [3.63, 3.8) is 0 Å². The second-order valence-corrected chi connectivity index (χ2v) is 7.12. The first kappa shape index (κ1) is 12.2. The van der Waals surface area contributed by atoms with Gasteiger partial charge in [-0.05, 0) is 24.3 Å². The maximum absolute atomic E-state index is 4.95. The van der Waals surface area contributed by atoms with Gasteiger partial charge in [0.05, 0.1) is 16.9 Å². The van der Waals surface area contributed by atoms with Gasteiger partial charge in [0.25, 0.3) is 0 Å². The number of nitrogens with zero attached hydrogens (tertiary/aromatic N) is 2. The highest BCUT2D eigenvalue weighted by molar-refractivity contribution is 6.12. The lowest BCUT2D eigenvalue weighted by Gasteiger charge is -2.31. The van der Waals surface area contributed by atoms with Crippen molar-refractivity contribution in [2.45, 2.75) is 32.6 Å². The average molecular weight is 286 g/mol. The van der Waals surface area contributed by atoms with Crippen molar-refractivity contribution in [2.75, 3.05) is 0 Å². The number of rotatable bonds is 0. The fourth-order valence-electron chi connectivity index (χ4n) is 4.41. The molecule has 0 N–H and O–H groups in total. The molecule has 0 amide bonds. The molecule has 1 aliphatic heterocycles. The van der Waals surface area contributed by atoms with Crippen LogP contribution in [0.15, 0.2) is 42.5 Å². The van der Waals surface area contributed by atoms with Crippen LogP contribution in [0.3, 0.4) is 0 Å². The van der Waals surface area contributed by atoms with Crippen molar-refractivity contribution in [3.8, 4) is 0 Å². The van der Waals surface area contributed by atoms with Gasteiger partial charge in [-0.1, -0.05) is 56.3 Å². The van der Waals surface area contributed by atoms with E-state index in [4.69, 9.17) is 4.98 Å². The molecular formula is C20H18N2. The molecule has 22 heavy (non-hydrogen) atoms. The van der Waals surface area contributed by atoms with Crippen molar-refractivity contribution in [3.05, 3.63) is 59.4 Å². The molecule has 4 aromatic rings. The molecule has 2 aromatic carbocycles. The first-order valence-corrected chi connectivity index (χ1v) is 7.90. The minimum Gasteiger partial charge on any atom is -0.295 e. The molecule has 2 aromatic heterocycles. The van der Waals surface area contributed by atoms with Crippen LogP contribution in [0.4, 0.5) is 0 Å². The van der Waals surface area contributed by atoms with Crippen LogP contribution in [-0.2, 0) is 11.8 Å². The van der Waals surface area contributed by atoms with Gasteiger partial charge in [-0.2, -0.15) is 0 Å². The van der Waals surface area contributed by atoms with Crippen molar-refractivity contribution < 1.29 is 0 Å². The van der Waals surface area contributed by atoms with E-state index in [1.807, 2.05) is 0 Å². The maximum atomic E-state index is 4.95. The fraction of sp³-hybridized carbons (Fsp3) is 0.250. The molecule has 0 fully saturated rings. The maximum Gasteiger partial charge on any atom is 0.145 e. The van der Waals surface area contributed by atoms with Crippen LogP contribution < -0.4 is 0 Å². The van der Waals surface area contributed by atoms with Gasteiger partial charge in [0.1, 0.15) is 5.65 Å². The third-order valence-electron chi connectivity index (χ3n) is 5.13. The number of hydrogen-bond donors (Lipinski definition) is 0. The summed E-state index contributed by atoms with van der Waals surface area (Å²) in [5.74, 6) is 0. The van der Waals surface area contributed by atoms with Gasteiger partial charge in [-0.15, -0.1) is 0 Å². The van der Waals surface area contributed by atoms with E-state index in [2.05, 4.69) is 67.6 Å². The molecule has 0 bridgehead atoms. The second kappa shape index (κ2) is 3.70. The van der Waals surface area contributed by atoms with Crippen molar-refractivity contribution in [2.24, 2.45) is 0 Å². The van der Waals surface area contributed by atoms with Crippen molar-refractivity contribution in [1.82, 2.24) is 9.38 Å². The number of pyridine rings is 1. The standard InChI is InChI=1S/C20H18N2/c1-12-18-20(2,3)11-13-7-6-10-15-14-8-4-5-9-16(14)19(21-12)22(18)17(13)15/h4-10H,11H2,1-3H3. The quantitative estimate of drug-likeness (QED) is 0.425. The Morgan fingerprint density at radius 2 is 1.68 bits per heavy atom. The Labute approximate surface area is 129 Å². The Balaban J connectivity index is 2.23. The average Bonchev–Trinajstić information content (AvgIpc) is 2.85. The Kier molecular flexibility index (Phi) is 2.05. The second-order valence-electron chi connectivity index (χ2n) is 7.12. The molecule has 0 atom stereocenters. The summed E-state index contributed by atoms with van der Waals surface area (Å²) < 4.78 is 2.42. The highest BCUT2D eigenvalue weighted by atomic mass is 15.0. The summed E-state index contributed by atoms with van der Waals surface area (Å²) in [6.07, 6.45) is 1.07. The Morgan fingerprint density at radius 1 is 0.955 bits per heavy atom. The molecule has 2 heteroatoms. The zero-order chi connectivity index (χ0) is 15.1. The molecule has 0 unspecified atom stereocenters. The van der Waals surface area contributed by atoms with Crippen LogP contribution in [0.5, 0.6) is 0 Å². The molecule has 5 rings (SSSR count). The smallest absolute Gasteiger partial charge is 0.145 e. The highest BCUT2D eigenvalue weighted by Gasteiger charge is 2.33. The van der Waals surface area contributed by atoms with Gasteiger partial charge in [0.15, 0.2) is 0 Å². The van der Waals surface area contributed by atoms with Crippen LogP contribution in [0.2, 0.25) is 0 Å². The summed E-state index contributed by atoms with van der Waals surface area (Å²) in [6, 6.07) is 15.4. The lowest BCUT2D eigenvalue weighted by Crippen LogP contribution is -2.27. The van der Waals surface area contributed by atoms with Crippen molar-refractivity contribution in [1.29, 1.82) is 0 Å². The molecule has 1 aliphatic rings. The molecule has 0 spiro atoms. The summed E-state index contributed by atoms with van der Waals surface area (Å²) in [6.45, 7) is 6.82. The van der Waals surface area contributed by atoms with Gasteiger partial charge in [-0.3, -0.25) is 4.40 Å². The number of fused-ring (bicyclic) bond motifs is 3. The van der Waals surface area contributed by atoms with E-state index in [-0.39, 0.29) is 5.41 Å². The van der Waals surface area contributed by atoms with E-state index in [0.717, 1.165) is 17.8 Å². The van der Waals surface area contributed by atoms with Crippen LogP contribution in [0.25, 0.3) is 27.3 Å². The lowest BCUT2D eigenvalue weighted by molar-refractivity contribution is 0.491. The normalized spacial score (nSPS) is 16.1. The van der Waals surface area contributed by atoms with E-state index in [0.29, 0.717) is 0 Å². The molecule has 2 nitrogen and oxygen atoms in total. The molecule has 0 saturated heterocycles. The van der Waals surface area contributed by atoms with Crippen LogP contribution >= 0.6 is 0 Å². The molecule has 3 heterocycles. The zero-order valence-electron chi connectivity index (χ0n) is 13.1. The summed E-state index contributed by atoms with van der Waals surface area (Å²) in [4.78, 5) is 4.95. The Bertz CT molecular complexity index is 1080. The number of benzene rings is 2. The van der Waals surface area contributed by atoms with Crippen LogP contribution in [0, 0.1) is 6.92 Å². The number of imidazole rings is 1. The minimum atomic E-state index is 0.118. The van der Waals surface area contributed by atoms with E-state index < -0.39 is 0 Å². The monoisotopic (exact) mass is 286 g/mol. The summed E-state index contributed by atoms with van der Waals surface area (Å²) in [5, 5.41) is 3.90. The van der Waals surface area contributed by atoms with Gasteiger partial charge < -0.3 is 0 Å². The third-order valence-corrected chi connectivity index (χ3v) is 5.13. The largest absolute Gasteiger partial charge is 0.295 e. The predicted octanol–water partition coefficient (Wildman–Crippen LogP) is 4.78. The van der Waals surface area contributed by atoms with Gasteiger partial charge >= 0.3 is 0 Å². The Morgan fingerprint density at radius 3 is 2.50 bits per heavy atom. The number of para-hydroxylation sites is 1.